The summed E-state index contributed by atoms with van der Waals surface area (Å²) < 4.78 is 57.9. The molecule has 0 aliphatic carbocycles. The van der Waals surface area contributed by atoms with Crippen LogP contribution in [0.5, 0.6) is 0 Å². The lowest BCUT2D eigenvalue weighted by atomic mass is 10.0. The molecule has 69 heavy (non-hydrogen) atoms. The second kappa shape index (κ2) is 19.9. The Morgan fingerprint density at radius 3 is 2.39 bits per heavy atom. The number of fused-ring (bicyclic) bond motifs is 1. The molecule has 0 bridgehead atoms. The van der Waals surface area contributed by atoms with Gasteiger partial charge in [0.15, 0.2) is 11.4 Å². The summed E-state index contributed by atoms with van der Waals surface area (Å²) in [4.78, 5) is 110. The van der Waals surface area contributed by atoms with Crippen molar-refractivity contribution in [2.45, 2.75) is 64.3 Å². The maximum absolute atomic E-state index is 13.5. The second-order valence-corrected chi connectivity index (χ2v) is 16.6. The molecule has 0 spiro atoms. The Morgan fingerprint density at radius 1 is 0.957 bits per heavy atom. The number of anilines is 2. The summed E-state index contributed by atoms with van der Waals surface area (Å²) in [5.74, 6) is -5.20. The Hall–Kier alpha value is -8.28. The minimum atomic E-state index is -4.80. The second-order valence-electron chi connectivity index (χ2n) is 16.6. The van der Waals surface area contributed by atoms with Gasteiger partial charge in [0.2, 0.25) is 17.7 Å². The number of nitrogens with zero attached hydrogens (tertiary/aromatic N) is 6. The summed E-state index contributed by atoms with van der Waals surface area (Å²) in [5, 5.41) is 11.6. The molecule has 360 valence electrons. The van der Waals surface area contributed by atoms with Crippen molar-refractivity contribution in [3.05, 3.63) is 107 Å². The summed E-state index contributed by atoms with van der Waals surface area (Å²) in [6, 6.07) is 12.4. The van der Waals surface area contributed by atoms with E-state index >= 15 is 0 Å². The number of carbonyl (C=O) groups is 8. The number of oxazole rings is 1. The van der Waals surface area contributed by atoms with E-state index in [0.29, 0.717) is 30.0 Å². The van der Waals surface area contributed by atoms with Gasteiger partial charge in [-0.15, -0.1) is 0 Å². The van der Waals surface area contributed by atoms with Gasteiger partial charge in [-0.1, -0.05) is 6.07 Å². The third-order valence-corrected chi connectivity index (χ3v) is 10.3. The van der Waals surface area contributed by atoms with Gasteiger partial charge >= 0.3 is 12.3 Å². The number of alkyl halides is 3. The summed E-state index contributed by atoms with van der Waals surface area (Å²) in [7, 11) is 0. The molecular weight excluding hydrogens is 914 g/mol. The van der Waals surface area contributed by atoms with Gasteiger partial charge in [-0.2, -0.15) is 18.3 Å². The number of ether oxygens (including phenoxy) is 2. The predicted octanol–water partition coefficient (Wildman–Crippen LogP) is 4.36. The first-order valence-corrected chi connectivity index (χ1v) is 21.2. The molecule has 5 aromatic rings. The number of carbonyl (C=O) groups excluding carboxylic acids is 8. The lowest BCUT2D eigenvalue weighted by Gasteiger charge is -2.27. The molecule has 1 fully saturated rings. The number of amides is 8. The predicted molar refractivity (Wildman–Crippen MR) is 234 cm³/mol. The maximum Gasteiger partial charge on any atom is 0.416 e. The highest BCUT2D eigenvalue weighted by molar-refractivity contribution is 6.23. The van der Waals surface area contributed by atoms with E-state index in [-0.39, 0.29) is 71.2 Å². The minimum absolute atomic E-state index is 0.0270. The van der Waals surface area contributed by atoms with Crippen molar-refractivity contribution in [2.75, 3.05) is 36.5 Å². The number of pyridine rings is 1. The minimum Gasteiger partial charge on any atom is -0.444 e. The molecule has 0 saturated carbocycles. The lowest BCUT2D eigenvalue weighted by Crippen LogP contribution is -2.54. The third-order valence-electron chi connectivity index (χ3n) is 10.3. The van der Waals surface area contributed by atoms with Crippen molar-refractivity contribution in [1.29, 1.82) is 0 Å². The van der Waals surface area contributed by atoms with Crippen molar-refractivity contribution in [3.63, 3.8) is 0 Å². The van der Waals surface area contributed by atoms with Crippen molar-refractivity contribution >= 4 is 58.9 Å². The monoisotopic (exact) mass is 956 g/mol. The number of hydrogen-bond acceptors (Lipinski definition) is 14. The Labute approximate surface area is 389 Å². The highest BCUT2D eigenvalue weighted by Gasteiger charge is 2.44. The molecule has 3 aromatic heterocycles. The molecule has 2 aliphatic heterocycles. The molecule has 7 rings (SSSR count). The van der Waals surface area contributed by atoms with E-state index in [0.717, 1.165) is 29.0 Å². The quantitative estimate of drug-likeness (QED) is 0.0791. The molecule has 8 amide bonds. The van der Waals surface area contributed by atoms with Crippen LogP contribution >= 0.6 is 0 Å². The van der Waals surface area contributed by atoms with Crippen LogP contribution in [0.4, 0.5) is 29.5 Å². The van der Waals surface area contributed by atoms with Crippen molar-refractivity contribution in [1.82, 2.24) is 35.3 Å². The van der Waals surface area contributed by atoms with Crippen molar-refractivity contribution < 1.29 is 65.4 Å². The molecule has 1 unspecified atom stereocenters. The van der Waals surface area contributed by atoms with E-state index in [1.54, 1.807) is 18.2 Å². The van der Waals surface area contributed by atoms with Gasteiger partial charge in [0.25, 0.3) is 29.5 Å². The Kier molecular flexibility index (Phi) is 14.0. The van der Waals surface area contributed by atoms with Gasteiger partial charge < -0.3 is 30.3 Å². The normalized spacial score (nSPS) is 14.9. The number of hydrogen-bond donors (Lipinski definition) is 4. The van der Waals surface area contributed by atoms with Crippen LogP contribution in [0.15, 0.2) is 77.7 Å². The summed E-state index contributed by atoms with van der Waals surface area (Å²) in [5.41, 5.74) is 5.62. The average molecular weight is 957 g/mol. The summed E-state index contributed by atoms with van der Waals surface area (Å²) >= 11 is 0. The number of primary amides is 1. The lowest BCUT2D eigenvalue weighted by molar-refractivity contribution is -0.136. The molecule has 2 aromatic carbocycles. The van der Waals surface area contributed by atoms with Gasteiger partial charge in [-0.3, -0.25) is 48.7 Å². The van der Waals surface area contributed by atoms with Crippen LogP contribution < -0.4 is 26.6 Å². The number of piperidine rings is 1. The topological polar surface area (TPSA) is 280 Å². The Bertz CT molecular complexity index is 2850. The molecule has 24 heteroatoms. The fourth-order valence-electron chi connectivity index (χ4n) is 7.17. The standard InChI is InChI=1S/C45H43F3N10O11/c1-44(2,3)69-43(66)56(23-45(46,47)48)33-20-26(14-15-50-33)40-53-31(22-68-40)38(62)52-30-21-57(55-35(30)36(49)60)27-9-7-25(8-10-27)37(61)51-16-18-67-17-4-5-24-6-11-28-29(19-24)42(65)58(41(28)64)32-12-13-34(59)54-39(32)63/h6-11,14-15,19-22,32H,4-5,12-13,16-18,23H2,1-3H3,(H2,49,60)(H,51,61)(H,52,62)(H,54,59,63). The van der Waals surface area contributed by atoms with Crippen LogP contribution in [-0.4, -0.2) is 116 Å². The van der Waals surface area contributed by atoms with E-state index in [4.69, 9.17) is 19.6 Å². The van der Waals surface area contributed by atoms with E-state index in [9.17, 15) is 51.5 Å². The van der Waals surface area contributed by atoms with Crippen LogP contribution in [0, 0.1) is 0 Å². The first-order valence-electron chi connectivity index (χ1n) is 21.2. The highest BCUT2D eigenvalue weighted by atomic mass is 19.4. The zero-order valence-electron chi connectivity index (χ0n) is 37.0. The largest absolute Gasteiger partial charge is 0.444 e. The molecular formula is C45H43F3N10O11. The fraction of sp³-hybridized carbons (Fsp3) is 0.311. The molecule has 1 atom stereocenters. The maximum atomic E-state index is 13.5. The molecule has 21 nitrogen and oxygen atoms in total. The molecule has 0 radical (unpaired) electrons. The van der Waals surface area contributed by atoms with Crippen LogP contribution in [-0.2, 0) is 25.5 Å². The van der Waals surface area contributed by atoms with E-state index in [2.05, 4.69) is 31.0 Å². The SMILES string of the molecule is CC(C)(C)OC(=O)N(CC(F)(F)F)c1cc(-c2nc(C(=O)Nc3cn(-c4ccc(C(=O)NCCOCCCc5ccc6c(c5)C(=O)N(C5CCC(=O)NC5=O)C6=O)cc4)nc3C(N)=O)co2)ccn1. The Balaban J connectivity index is 0.889. The van der Waals surface area contributed by atoms with Crippen LogP contribution in [0.1, 0.15) is 97.6 Å². The number of nitrogens with two attached hydrogens (primary N) is 1. The first kappa shape index (κ1) is 48.6. The van der Waals surface area contributed by atoms with E-state index in [1.807, 2.05) is 0 Å². The van der Waals surface area contributed by atoms with E-state index < -0.39 is 77.6 Å². The Morgan fingerprint density at radius 2 is 1.70 bits per heavy atom. The van der Waals surface area contributed by atoms with Crippen LogP contribution in [0.2, 0.25) is 0 Å². The number of imide groups is 2. The number of aromatic nitrogens is 4. The van der Waals surface area contributed by atoms with Gasteiger partial charge in [0.1, 0.15) is 30.3 Å². The molecule has 1 saturated heterocycles. The highest BCUT2D eigenvalue weighted by Crippen LogP contribution is 2.30. The zero-order valence-corrected chi connectivity index (χ0v) is 37.0. The molecule has 2 aliphatic rings. The first-order chi connectivity index (χ1) is 32.7. The zero-order chi connectivity index (χ0) is 49.8. The number of nitrogens with one attached hydrogen (secondary N) is 3. The number of halogens is 3. The fourth-order valence-corrected chi connectivity index (χ4v) is 7.17. The number of rotatable bonds is 16. The van der Waals surface area contributed by atoms with Gasteiger partial charge in [0, 0.05) is 36.9 Å². The molecule has 5 heterocycles. The summed E-state index contributed by atoms with van der Waals surface area (Å²) in [6.07, 6.45) is -1.53. The van der Waals surface area contributed by atoms with Crippen molar-refractivity contribution in [3.8, 4) is 17.1 Å². The van der Waals surface area contributed by atoms with Crippen molar-refractivity contribution in [2.24, 2.45) is 5.73 Å². The molecule has 5 N–H and O–H groups in total. The van der Waals surface area contributed by atoms with Crippen LogP contribution in [0.3, 0.4) is 0 Å². The van der Waals surface area contributed by atoms with Gasteiger partial charge in [0.05, 0.1) is 35.3 Å². The number of benzene rings is 2. The smallest absolute Gasteiger partial charge is 0.416 e. The van der Waals surface area contributed by atoms with Crippen LogP contribution in [0.25, 0.3) is 17.1 Å². The van der Waals surface area contributed by atoms with E-state index in [1.165, 1.54) is 62.0 Å². The average Bonchev–Trinajstić information content (AvgIpc) is 4.02. The van der Waals surface area contributed by atoms with Gasteiger partial charge in [-0.05, 0) is 94.1 Å². The number of aryl methyl sites for hydroxylation is 1. The summed E-state index contributed by atoms with van der Waals surface area (Å²) in [6.45, 7) is 3.48. The third kappa shape index (κ3) is 11.6. The van der Waals surface area contributed by atoms with Gasteiger partial charge in [-0.25, -0.2) is 19.4 Å².